The molecule has 1 aromatic rings. The smallest absolute Gasteiger partial charge is 0.311 e. The minimum Gasteiger partial charge on any atom is -0.495 e. The number of nitrogens with zero attached hydrogens (tertiary/aromatic N) is 1. The van der Waals surface area contributed by atoms with Gasteiger partial charge in [-0.15, -0.1) is 0 Å². The molecule has 0 unspecified atom stereocenters. The SMILES string of the molecule is COc1ccc(NC(C)=O)cc1S(=O)(=O)N1C[C@@H]2CCC[C@@]2(C(=O)O)C1. The normalized spacial score (nSPS) is 25.7. The summed E-state index contributed by atoms with van der Waals surface area (Å²) in [6.07, 6.45) is 2.00. The van der Waals surface area contributed by atoms with Crippen LogP contribution in [0.1, 0.15) is 26.2 Å². The number of benzene rings is 1. The van der Waals surface area contributed by atoms with E-state index >= 15 is 0 Å². The number of carboxylic acid groups (broad SMARTS) is 1. The molecule has 9 heteroatoms. The molecule has 1 amide bonds. The Bertz CT molecular complexity index is 853. The van der Waals surface area contributed by atoms with E-state index in [9.17, 15) is 23.1 Å². The highest BCUT2D eigenvalue weighted by Gasteiger charge is 2.57. The molecule has 1 aliphatic heterocycles. The van der Waals surface area contributed by atoms with Crippen molar-refractivity contribution < 1.29 is 27.9 Å². The van der Waals surface area contributed by atoms with Gasteiger partial charge in [-0.2, -0.15) is 4.31 Å². The lowest BCUT2D eigenvalue weighted by atomic mass is 9.81. The number of rotatable bonds is 5. The van der Waals surface area contributed by atoms with Crippen LogP contribution in [-0.2, 0) is 19.6 Å². The second-order valence-electron chi connectivity index (χ2n) is 6.89. The summed E-state index contributed by atoms with van der Waals surface area (Å²) >= 11 is 0. The molecule has 0 radical (unpaired) electrons. The third-order valence-electron chi connectivity index (χ3n) is 5.37. The van der Waals surface area contributed by atoms with Gasteiger partial charge in [0, 0.05) is 25.7 Å². The average Bonchev–Trinajstić information content (AvgIpc) is 3.12. The third-order valence-corrected chi connectivity index (χ3v) is 7.20. The number of nitrogens with one attached hydrogen (secondary N) is 1. The molecule has 0 spiro atoms. The van der Waals surface area contributed by atoms with Gasteiger partial charge in [-0.25, -0.2) is 8.42 Å². The Labute approximate surface area is 152 Å². The summed E-state index contributed by atoms with van der Waals surface area (Å²) in [6, 6.07) is 4.37. The van der Waals surface area contributed by atoms with Crippen LogP contribution in [0.25, 0.3) is 0 Å². The van der Waals surface area contributed by atoms with Crippen LogP contribution in [0.3, 0.4) is 0 Å². The number of anilines is 1. The minimum atomic E-state index is -3.96. The van der Waals surface area contributed by atoms with Crippen molar-refractivity contribution in [1.82, 2.24) is 4.31 Å². The highest BCUT2D eigenvalue weighted by atomic mass is 32.2. The maximum absolute atomic E-state index is 13.2. The molecule has 1 aliphatic carbocycles. The first-order chi connectivity index (χ1) is 12.2. The van der Waals surface area contributed by atoms with Crippen molar-refractivity contribution in [3.8, 4) is 5.75 Å². The summed E-state index contributed by atoms with van der Waals surface area (Å²) < 4.78 is 32.8. The predicted molar refractivity (Wildman–Crippen MR) is 93.5 cm³/mol. The zero-order valence-corrected chi connectivity index (χ0v) is 15.5. The van der Waals surface area contributed by atoms with Gasteiger partial charge in [0.05, 0.1) is 12.5 Å². The molecular weight excluding hydrogens is 360 g/mol. The van der Waals surface area contributed by atoms with Gasteiger partial charge in [-0.1, -0.05) is 6.42 Å². The molecule has 2 atom stereocenters. The monoisotopic (exact) mass is 382 g/mol. The summed E-state index contributed by atoms with van der Waals surface area (Å²) in [6.45, 7) is 1.47. The average molecular weight is 382 g/mol. The molecule has 26 heavy (non-hydrogen) atoms. The lowest BCUT2D eigenvalue weighted by molar-refractivity contribution is -0.149. The van der Waals surface area contributed by atoms with Gasteiger partial charge >= 0.3 is 5.97 Å². The van der Waals surface area contributed by atoms with Gasteiger partial charge in [0.15, 0.2) is 0 Å². The van der Waals surface area contributed by atoms with Gasteiger partial charge in [0.25, 0.3) is 0 Å². The highest BCUT2D eigenvalue weighted by molar-refractivity contribution is 7.89. The molecule has 1 saturated heterocycles. The fourth-order valence-corrected chi connectivity index (χ4v) is 5.81. The van der Waals surface area contributed by atoms with E-state index in [4.69, 9.17) is 4.74 Å². The third kappa shape index (κ3) is 2.95. The van der Waals surface area contributed by atoms with Crippen molar-refractivity contribution in [2.45, 2.75) is 31.1 Å². The molecule has 8 nitrogen and oxygen atoms in total. The van der Waals surface area contributed by atoms with Crippen LogP contribution in [0.15, 0.2) is 23.1 Å². The number of hydrogen-bond donors (Lipinski definition) is 2. The second kappa shape index (κ2) is 6.55. The molecule has 142 valence electrons. The van der Waals surface area contributed by atoms with E-state index < -0.39 is 21.4 Å². The Morgan fingerprint density at radius 3 is 2.69 bits per heavy atom. The first-order valence-electron chi connectivity index (χ1n) is 8.40. The van der Waals surface area contributed by atoms with E-state index in [0.717, 1.165) is 6.42 Å². The van der Waals surface area contributed by atoms with E-state index in [0.29, 0.717) is 18.5 Å². The van der Waals surface area contributed by atoms with E-state index in [-0.39, 0.29) is 35.6 Å². The molecule has 1 aromatic carbocycles. The molecule has 0 aromatic heterocycles. The van der Waals surface area contributed by atoms with Crippen molar-refractivity contribution in [2.24, 2.45) is 11.3 Å². The molecule has 0 bridgehead atoms. The van der Waals surface area contributed by atoms with Crippen molar-refractivity contribution in [3.05, 3.63) is 18.2 Å². The van der Waals surface area contributed by atoms with Crippen LogP contribution in [-0.4, -0.2) is 49.9 Å². The van der Waals surface area contributed by atoms with E-state index in [2.05, 4.69) is 5.32 Å². The molecule has 1 saturated carbocycles. The number of carboxylic acids is 1. The van der Waals surface area contributed by atoms with E-state index in [1.54, 1.807) is 6.07 Å². The quantitative estimate of drug-likeness (QED) is 0.798. The summed E-state index contributed by atoms with van der Waals surface area (Å²) in [5.41, 5.74) is -0.667. The Kier molecular flexibility index (Phi) is 4.70. The Hall–Kier alpha value is -2.13. The number of fused-ring (bicyclic) bond motifs is 1. The van der Waals surface area contributed by atoms with E-state index in [1.165, 1.54) is 30.5 Å². The maximum atomic E-state index is 13.2. The summed E-state index contributed by atoms with van der Waals surface area (Å²) in [5, 5.41) is 12.2. The molecular formula is C17H22N2O6S. The summed E-state index contributed by atoms with van der Waals surface area (Å²) in [4.78, 5) is 23.0. The van der Waals surface area contributed by atoms with Gasteiger partial charge in [-0.05, 0) is 37.0 Å². The zero-order valence-electron chi connectivity index (χ0n) is 14.7. The lowest BCUT2D eigenvalue weighted by Crippen LogP contribution is -2.37. The Morgan fingerprint density at radius 1 is 1.38 bits per heavy atom. The number of carbonyl (C=O) groups is 2. The van der Waals surface area contributed by atoms with Gasteiger partial charge in [0.1, 0.15) is 10.6 Å². The fraction of sp³-hybridized carbons (Fsp3) is 0.529. The van der Waals surface area contributed by atoms with Crippen LogP contribution < -0.4 is 10.1 Å². The largest absolute Gasteiger partial charge is 0.495 e. The molecule has 2 N–H and O–H groups in total. The standard InChI is InChI=1S/C17H22N2O6S/c1-11(20)18-13-5-6-14(25-2)15(8-13)26(23,24)19-9-12-4-3-7-17(12,10-19)16(21)22/h5-6,8,12H,3-4,7,9-10H2,1-2H3,(H,18,20)(H,21,22)/t12-,17+/m0/s1. The summed E-state index contributed by atoms with van der Waals surface area (Å²) in [5.74, 6) is -1.28. The van der Waals surface area contributed by atoms with Gasteiger partial charge < -0.3 is 15.2 Å². The number of amides is 1. The first-order valence-corrected chi connectivity index (χ1v) is 9.84. The van der Waals surface area contributed by atoms with Crippen LogP contribution in [0.4, 0.5) is 5.69 Å². The van der Waals surface area contributed by atoms with Crippen molar-refractivity contribution >= 4 is 27.6 Å². The zero-order chi connectivity index (χ0) is 19.1. The van der Waals surface area contributed by atoms with Crippen molar-refractivity contribution in [2.75, 3.05) is 25.5 Å². The number of sulfonamides is 1. The number of methoxy groups -OCH3 is 1. The molecule has 3 rings (SSSR count). The van der Waals surface area contributed by atoms with Gasteiger partial charge in [-0.3, -0.25) is 9.59 Å². The minimum absolute atomic E-state index is 0.0388. The van der Waals surface area contributed by atoms with Crippen LogP contribution in [0, 0.1) is 11.3 Å². The Morgan fingerprint density at radius 2 is 2.12 bits per heavy atom. The topological polar surface area (TPSA) is 113 Å². The Balaban J connectivity index is 1.98. The number of hydrogen-bond acceptors (Lipinski definition) is 5. The second-order valence-corrected chi connectivity index (χ2v) is 8.80. The van der Waals surface area contributed by atoms with Crippen LogP contribution in [0.5, 0.6) is 5.75 Å². The molecule has 2 aliphatic rings. The molecule has 2 fully saturated rings. The van der Waals surface area contributed by atoms with Crippen molar-refractivity contribution in [1.29, 1.82) is 0 Å². The molecule has 1 heterocycles. The highest BCUT2D eigenvalue weighted by Crippen LogP contribution is 2.50. The predicted octanol–water partition coefficient (Wildman–Crippen LogP) is 1.53. The van der Waals surface area contributed by atoms with Crippen LogP contribution in [0.2, 0.25) is 0 Å². The lowest BCUT2D eigenvalue weighted by Gasteiger charge is -2.23. The van der Waals surface area contributed by atoms with Crippen LogP contribution >= 0.6 is 0 Å². The van der Waals surface area contributed by atoms with Gasteiger partial charge in [0.2, 0.25) is 15.9 Å². The summed E-state index contributed by atoms with van der Waals surface area (Å²) in [7, 11) is -2.59. The van der Waals surface area contributed by atoms with E-state index in [1.807, 2.05) is 0 Å². The fourth-order valence-electron chi connectivity index (χ4n) is 4.07. The number of carbonyl (C=O) groups excluding carboxylic acids is 1. The maximum Gasteiger partial charge on any atom is 0.311 e. The number of ether oxygens (including phenoxy) is 1. The number of aliphatic carboxylic acids is 1. The first kappa shape index (κ1) is 18.7. The van der Waals surface area contributed by atoms with Crippen molar-refractivity contribution in [3.63, 3.8) is 0 Å².